The number of likely N-dealkylation sites (tertiary alicyclic amines) is 1. The van der Waals surface area contributed by atoms with E-state index in [2.05, 4.69) is 11.2 Å². The Kier molecular flexibility index (Phi) is 3.30. The van der Waals surface area contributed by atoms with Crippen molar-refractivity contribution in [1.29, 1.82) is 0 Å². The van der Waals surface area contributed by atoms with Gasteiger partial charge in [0.15, 0.2) is 0 Å². The Hall–Kier alpha value is -1.62. The van der Waals surface area contributed by atoms with Gasteiger partial charge in [-0.05, 0) is 49.8 Å². The maximum atomic E-state index is 12.7. The van der Waals surface area contributed by atoms with Crippen LogP contribution in [0.1, 0.15) is 45.4 Å². The minimum Gasteiger partial charge on any atom is -0.336 e. The highest BCUT2D eigenvalue weighted by molar-refractivity contribution is 7.14. The molecule has 2 aromatic rings. The quantitative estimate of drug-likeness (QED) is 0.855. The van der Waals surface area contributed by atoms with Crippen LogP contribution in [0.3, 0.4) is 0 Å². The first kappa shape index (κ1) is 13.1. The highest BCUT2D eigenvalue weighted by Gasteiger charge is 2.27. The van der Waals surface area contributed by atoms with Crippen LogP contribution >= 0.6 is 11.3 Å². The summed E-state index contributed by atoms with van der Waals surface area (Å²) in [6.45, 7) is 1.66. The van der Waals surface area contributed by atoms with Gasteiger partial charge >= 0.3 is 0 Å². The smallest absolute Gasteiger partial charge is 0.264 e. The van der Waals surface area contributed by atoms with Gasteiger partial charge in [-0.2, -0.15) is 5.10 Å². The lowest BCUT2D eigenvalue weighted by atomic mass is 10.1. The topological polar surface area (TPSA) is 38.1 Å². The van der Waals surface area contributed by atoms with Crippen LogP contribution in [0.25, 0.3) is 0 Å². The SMILES string of the molecule is O=C(c1cc2c(s1)CCC2)N1CCC[C@@H](n2cccn2)C1. The summed E-state index contributed by atoms with van der Waals surface area (Å²) in [5.41, 5.74) is 1.41. The molecular weight excluding hydrogens is 282 g/mol. The summed E-state index contributed by atoms with van der Waals surface area (Å²) >= 11 is 1.71. The van der Waals surface area contributed by atoms with Crippen LogP contribution in [-0.4, -0.2) is 33.7 Å². The number of aryl methyl sites for hydroxylation is 2. The largest absolute Gasteiger partial charge is 0.336 e. The van der Waals surface area contributed by atoms with Crippen molar-refractivity contribution < 1.29 is 4.79 Å². The summed E-state index contributed by atoms with van der Waals surface area (Å²) < 4.78 is 1.99. The summed E-state index contributed by atoms with van der Waals surface area (Å²) in [6, 6.07) is 4.40. The molecule has 5 heteroatoms. The van der Waals surface area contributed by atoms with Gasteiger partial charge in [0.25, 0.3) is 5.91 Å². The van der Waals surface area contributed by atoms with Crippen molar-refractivity contribution in [3.63, 3.8) is 0 Å². The predicted molar refractivity (Wildman–Crippen MR) is 82.7 cm³/mol. The predicted octanol–water partition coefficient (Wildman–Crippen LogP) is 2.91. The molecule has 4 rings (SSSR count). The van der Waals surface area contributed by atoms with Crippen LogP contribution in [0.2, 0.25) is 0 Å². The lowest BCUT2D eigenvalue weighted by molar-refractivity contribution is 0.0678. The normalized spacial score (nSPS) is 21.5. The fourth-order valence-electron chi connectivity index (χ4n) is 3.44. The fraction of sp³-hybridized carbons (Fsp3) is 0.500. The van der Waals surface area contributed by atoms with E-state index in [1.54, 1.807) is 11.3 Å². The maximum Gasteiger partial charge on any atom is 0.264 e. The van der Waals surface area contributed by atoms with E-state index in [9.17, 15) is 4.79 Å². The number of carbonyl (C=O) groups excluding carboxylic acids is 1. The molecular formula is C16H19N3OS. The second-order valence-electron chi connectivity index (χ2n) is 5.95. The van der Waals surface area contributed by atoms with Gasteiger partial charge in [0.1, 0.15) is 0 Å². The molecule has 0 bridgehead atoms. The third-order valence-electron chi connectivity index (χ3n) is 4.54. The number of carbonyl (C=O) groups is 1. The van der Waals surface area contributed by atoms with E-state index in [1.165, 1.54) is 16.9 Å². The van der Waals surface area contributed by atoms with E-state index in [1.807, 2.05) is 28.0 Å². The number of fused-ring (bicyclic) bond motifs is 1. The molecule has 1 atom stereocenters. The van der Waals surface area contributed by atoms with Gasteiger partial charge < -0.3 is 4.90 Å². The Morgan fingerprint density at radius 3 is 3.10 bits per heavy atom. The van der Waals surface area contributed by atoms with Crippen molar-refractivity contribution in [3.05, 3.63) is 39.8 Å². The van der Waals surface area contributed by atoms with Crippen molar-refractivity contribution >= 4 is 17.2 Å². The standard InChI is InChI=1S/C16H19N3OS/c20-16(15-10-12-4-1-6-14(12)21-15)18-8-2-5-13(11-18)19-9-3-7-17-19/h3,7,9-10,13H,1-2,4-6,8,11H2/t13-/m1/s1. The number of rotatable bonds is 2. The highest BCUT2D eigenvalue weighted by atomic mass is 32.1. The first-order valence-electron chi connectivity index (χ1n) is 7.71. The molecule has 4 nitrogen and oxygen atoms in total. The van der Waals surface area contributed by atoms with Gasteiger partial charge in [-0.25, -0.2) is 0 Å². The van der Waals surface area contributed by atoms with E-state index >= 15 is 0 Å². The third-order valence-corrected chi connectivity index (χ3v) is 5.77. The maximum absolute atomic E-state index is 12.7. The Morgan fingerprint density at radius 2 is 2.29 bits per heavy atom. The molecule has 1 amide bonds. The number of piperidine rings is 1. The zero-order valence-corrected chi connectivity index (χ0v) is 12.8. The van der Waals surface area contributed by atoms with E-state index < -0.39 is 0 Å². The van der Waals surface area contributed by atoms with Crippen LogP contribution in [0.15, 0.2) is 24.5 Å². The van der Waals surface area contributed by atoms with Gasteiger partial charge in [0.05, 0.1) is 10.9 Å². The van der Waals surface area contributed by atoms with Gasteiger partial charge in [-0.15, -0.1) is 11.3 Å². The van der Waals surface area contributed by atoms with Crippen molar-refractivity contribution in [2.45, 2.75) is 38.1 Å². The highest BCUT2D eigenvalue weighted by Crippen LogP contribution is 2.32. The van der Waals surface area contributed by atoms with Gasteiger partial charge in [0.2, 0.25) is 0 Å². The number of amides is 1. The zero-order valence-electron chi connectivity index (χ0n) is 12.0. The van der Waals surface area contributed by atoms with Crippen LogP contribution in [0.5, 0.6) is 0 Å². The van der Waals surface area contributed by atoms with Crippen LogP contribution in [-0.2, 0) is 12.8 Å². The molecule has 1 fully saturated rings. The van der Waals surface area contributed by atoms with Crippen molar-refractivity contribution in [2.75, 3.05) is 13.1 Å². The van der Waals surface area contributed by atoms with E-state index in [0.717, 1.165) is 43.6 Å². The fourth-order valence-corrected chi connectivity index (χ4v) is 4.66. The Balaban J connectivity index is 1.51. The molecule has 0 aromatic carbocycles. The van der Waals surface area contributed by atoms with Crippen molar-refractivity contribution in [1.82, 2.24) is 14.7 Å². The Bertz CT molecular complexity index is 625. The second-order valence-corrected chi connectivity index (χ2v) is 7.08. The monoisotopic (exact) mass is 301 g/mol. The second kappa shape index (κ2) is 5.30. The minimum absolute atomic E-state index is 0.214. The number of nitrogens with zero attached hydrogens (tertiary/aromatic N) is 3. The average molecular weight is 301 g/mol. The number of aromatic nitrogens is 2. The lowest BCUT2D eigenvalue weighted by Gasteiger charge is -2.32. The van der Waals surface area contributed by atoms with Crippen LogP contribution in [0.4, 0.5) is 0 Å². The molecule has 1 aliphatic heterocycles. The van der Waals surface area contributed by atoms with Crippen molar-refractivity contribution in [3.8, 4) is 0 Å². The molecule has 2 aliphatic rings. The third kappa shape index (κ3) is 2.39. The summed E-state index contributed by atoms with van der Waals surface area (Å²) in [6.07, 6.45) is 9.52. The first-order valence-corrected chi connectivity index (χ1v) is 8.53. The molecule has 0 saturated carbocycles. The summed E-state index contributed by atoms with van der Waals surface area (Å²) in [5.74, 6) is 0.214. The molecule has 0 unspecified atom stereocenters. The molecule has 21 heavy (non-hydrogen) atoms. The number of hydrogen-bond donors (Lipinski definition) is 0. The first-order chi connectivity index (χ1) is 10.3. The summed E-state index contributed by atoms with van der Waals surface area (Å²) in [4.78, 5) is 17.1. The summed E-state index contributed by atoms with van der Waals surface area (Å²) in [5, 5.41) is 4.33. The van der Waals surface area contributed by atoms with E-state index in [4.69, 9.17) is 0 Å². The van der Waals surface area contributed by atoms with Crippen LogP contribution < -0.4 is 0 Å². The molecule has 3 heterocycles. The average Bonchev–Trinajstić information content (AvgIpc) is 3.22. The molecule has 2 aromatic heterocycles. The summed E-state index contributed by atoms with van der Waals surface area (Å²) in [7, 11) is 0. The Labute approximate surface area is 128 Å². The zero-order chi connectivity index (χ0) is 14.2. The van der Waals surface area contributed by atoms with Crippen molar-refractivity contribution in [2.24, 2.45) is 0 Å². The van der Waals surface area contributed by atoms with E-state index in [0.29, 0.717) is 6.04 Å². The molecule has 1 saturated heterocycles. The number of thiophene rings is 1. The van der Waals surface area contributed by atoms with E-state index in [-0.39, 0.29) is 5.91 Å². The molecule has 0 spiro atoms. The molecule has 0 radical (unpaired) electrons. The van der Waals surface area contributed by atoms with Gasteiger partial charge in [-0.3, -0.25) is 9.48 Å². The lowest BCUT2D eigenvalue weighted by Crippen LogP contribution is -2.40. The Morgan fingerprint density at radius 1 is 1.33 bits per heavy atom. The molecule has 1 aliphatic carbocycles. The van der Waals surface area contributed by atoms with Crippen LogP contribution in [0, 0.1) is 0 Å². The van der Waals surface area contributed by atoms with Gasteiger partial charge in [0, 0.05) is 30.4 Å². The minimum atomic E-state index is 0.214. The molecule has 0 N–H and O–H groups in total. The molecule has 110 valence electrons. The number of hydrogen-bond acceptors (Lipinski definition) is 3. The van der Waals surface area contributed by atoms with Gasteiger partial charge in [-0.1, -0.05) is 0 Å².